The molecular formula is C14H15NO4. The number of benzene rings is 1. The maximum absolute atomic E-state index is 11.2. The number of nitrogens with zero attached hydrogens (tertiary/aromatic N) is 1. The van der Waals surface area contributed by atoms with Crippen molar-refractivity contribution in [2.45, 2.75) is 19.3 Å². The van der Waals surface area contributed by atoms with Gasteiger partial charge in [-0.05, 0) is 38.1 Å². The molecule has 0 saturated carbocycles. The number of hydrogen-bond donors (Lipinski definition) is 1. The van der Waals surface area contributed by atoms with E-state index in [4.69, 9.17) is 14.3 Å². The number of rotatable bonds is 4. The summed E-state index contributed by atoms with van der Waals surface area (Å²) in [5.74, 6) is 0.190. The van der Waals surface area contributed by atoms with Crippen molar-refractivity contribution < 1.29 is 19.1 Å². The SMILES string of the molecule is COc1ccc(-c2nc(C(C)(C)C(=O)O)co2)cc1. The first kappa shape index (κ1) is 13.1. The van der Waals surface area contributed by atoms with Gasteiger partial charge >= 0.3 is 5.97 Å². The average molecular weight is 261 g/mol. The molecule has 0 atom stereocenters. The molecule has 0 saturated heterocycles. The fraction of sp³-hybridized carbons (Fsp3) is 0.286. The molecule has 0 unspecified atom stereocenters. The third kappa shape index (κ3) is 2.45. The number of carbonyl (C=O) groups is 1. The van der Waals surface area contributed by atoms with Crippen molar-refractivity contribution in [1.29, 1.82) is 0 Å². The summed E-state index contributed by atoms with van der Waals surface area (Å²) in [7, 11) is 1.59. The predicted molar refractivity (Wildman–Crippen MR) is 69.2 cm³/mol. The summed E-state index contributed by atoms with van der Waals surface area (Å²) in [6.45, 7) is 3.18. The number of aromatic nitrogens is 1. The molecule has 0 fully saturated rings. The number of aliphatic carboxylic acids is 1. The highest BCUT2D eigenvalue weighted by Gasteiger charge is 2.33. The quantitative estimate of drug-likeness (QED) is 0.916. The Morgan fingerprint density at radius 1 is 1.32 bits per heavy atom. The molecule has 0 aliphatic heterocycles. The lowest BCUT2D eigenvalue weighted by Gasteiger charge is -2.14. The maximum atomic E-state index is 11.2. The van der Waals surface area contributed by atoms with Crippen LogP contribution in [0.5, 0.6) is 5.75 Å². The molecule has 1 aromatic heterocycles. The van der Waals surface area contributed by atoms with Crippen LogP contribution in [0.2, 0.25) is 0 Å². The van der Waals surface area contributed by atoms with E-state index in [0.29, 0.717) is 11.6 Å². The molecular weight excluding hydrogens is 246 g/mol. The molecule has 0 spiro atoms. The van der Waals surface area contributed by atoms with Crippen LogP contribution >= 0.6 is 0 Å². The van der Waals surface area contributed by atoms with Gasteiger partial charge in [0, 0.05) is 5.56 Å². The highest BCUT2D eigenvalue weighted by Crippen LogP contribution is 2.27. The molecule has 5 heteroatoms. The van der Waals surface area contributed by atoms with E-state index in [-0.39, 0.29) is 0 Å². The van der Waals surface area contributed by atoms with Crippen molar-refractivity contribution in [2.75, 3.05) is 7.11 Å². The molecule has 0 aliphatic rings. The Morgan fingerprint density at radius 2 is 1.95 bits per heavy atom. The minimum Gasteiger partial charge on any atom is -0.497 e. The second kappa shape index (κ2) is 4.76. The monoisotopic (exact) mass is 261 g/mol. The van der Waals surface area contributed by atoms with Gasteiger partial charge < -0.3 is 14.3 Å². The lowest BCUT2D eigenvalue weighted by atomic mass is 9.90. The van der Waals surface area contributed by atoms with Crippen molar-refractivity contribution in [1.82, 2.24) is 4.98 Å². The number of carboxylic acid groups (broad SMARTS) is 1. The second-order valence-corrected chi connectivity index (χ2v) is 4.70. The van der Waals surface area contributed by atoms with Gasteiger partial charge in [0.2, 0.25) is 5.89 Å². The standard InChI is InChI=1S/C14H15NO4/c1-14(2,13(16)17)11-8-19-12(15-11)9-4-6-10(18-3)7-5-9/h4-8H,1-3H3,(H,16,17). The van der Waals surface area contributed by atoms with E-state index in [1.165, 1.54) is 6.26 Å². The van der Waals surface area contributed by atoms with Crippen LogP contribution in [0.25, 0.3) is 11.5 Å². The Labute approximate surface area is 110 Å². The van der Waals surface area contributed by atoms with Crippen molar-refractivity contribution in [3.05, 3.63) is 36.2 Å². The summed E-state index contributed by atoms with van der Waals surface area (Å²) in [5, 5.41) is 9.14. The summed E-state index contributed by atoms with van der Waals surface area (Å²) >= 11 is 0. The Balaban J connectivity index is 2.32. The zero-order valence-electron chi connectivity index (χ0n) is 11.0. The van der Waals surface area contributed by atoms with E-state index >= 15 is 0 Å². The van der Waals surface area contributed by atoms with Gasteiger partial charge in [-0.2, -0.15) is 0 Å². The fourth-order valence-corrected chi connectivity index (χ4v) is 1.54. The summed E-state index contributed by atoms with van der Waals surface area (Å²) in [6, 6.07) is 7.20. The second-order valence-electron chi connectivity index (χ2n) is 4.70. The maximum Gasteiger partial charge on any atom is 0.315 e. The minimum absolute atomic E-state index is 0.394. The molecule has 0 aliphatic carbocycles. The van der Waals surface area contributed by atoms with Gasteiger partial charge in [0.25, 0.3) is 0 Å². The van der Waals surface area contributed by atoms with Crippen LogP contribution in [0.4, 0.5) is 0 Å². The number of oxazole rings is 1. The lowest BCUT2D eigenvalue weighted by Crippen LogP contribution is -2.28. The van der Waals surface area contributed by atoms with E-state index in [9.17, 15) is 4.79 Å². The molecule has 2 rings (SSSR count). The molecule has 1 heterocycles. The molecule has 100 valence electrons. The Morgan fingerprint density at radius 3 is 2.47 bits per heavy atom. The summed E-state index contributed by atoms with van der Waals surface area (Å²) in [5.41, 5.74) is 0.0906. The van der Waals surface area contributed by atoms with E-state index in [0.717, 1.165) is 11.3 Å². The molecule has 1 aromatic carbocycles. The van der Waals surface area contributed by atoms with Crippen LogP contribution in [-0.2, 0) is 10.2 Å². The van der Waals surface area contributed by atoms with E-state index in [2.05, 4.69) is 4.98 Å². The molecule has 2 aromatic rings. The van der Waals surface area contributed by atoms with Gasteiger partial charge in [-0.15, -0.1) is 0 Å². The molecule has 19 heavy (non-hydrogen) atoms. The first-order valence-corrected chi connectivity index (χ1v) is 5.79. The molecule has 1 N–H and O–H groups in total. The fourth-order valence-electron chi connectivity index (χ4n) is 1.54. The van der Waals surface area contributed by atoms with E-state index in [1.807, 2.05) is 12.1 Å². The van der Waals surface area contributed by atoms with Crippen LogP contribution in [0.15, 0.2) is 34.9 Å². The Bertz CT molecular complexity index is 584. The van der Waals surface area contributed by atoms with Gasteiger partial charge in [0.05, 0.1) is 12.8 Å². The largest absolute Gasteiger partial charge is 0.497 e. The Hall–Kier alpha value is -2.30. The minimum atomic E-state index is -1.08. The number of hydrogen-bond acceptors (Lipinski definition) is 4. The average Bonchev–Trinajstić information content (AvgIpc) is 2.89. The third-order valence-corrected chi connectivity index (χ3v) is 3.02. The molecule has 0 amide bonds. The van der Waals surface area contributed by atoms with Crippen molar-refractivity contribution in [2.24, 2.45) is 0 Å². The zero-order valence-corrected chi connectivity index (χ0v) is 11.0. The van der Waals surface area contributed by atoms with Gasteiger partial charge in [0.1, 0.15) is 17.4 Å². The smallest absolute Gasteiger partial charge is 0.315 e. The Kier molecular flexibility index (Phi) is 3.29. The van der Waals surface area contributed by atoms with Crippen LogP contribution < -0.4 is 4.74 Å². The predicted octanol–water partition coefficient (Wildman–Crippen LogP) is 2.71. The normalized spacial score (nSPS) is 11.3. The van der Waals surface area contributed by atoms with Gasteiger partial charge in [-0.1, -0.05) is 0 Å². The number of methoxy groups -OCH3 is 1. The van der Waals surface area contributed by atoms with Gasteiger partial charge in [-0.3, -0.25) is 4.79 Å². The topological polar surface area (TPSA) is 72.6 Å². The first-order valence-electron chi connectivity index (χ1n) is 5.79. The van der Waals surface area contributed by atoms with Crippen molar-refractivity contribution >= 4 is 5.97 Å². The molecule has 5 nitrogen and oxygen atoms in total. The summed E-state index contributed by atoms with van der Waals surface area (Å²) < 4.78 is 10.4. The van der Waals surface area contributed by atoms with Crippen molar-refractivity contribution in [3.8, 4) is 17.2 Å². The van der Waals surface area contributed by atoms with E-state index < -0.39 is 11.4 Å². The zero-order chi connectivity index (χ0) is 14.0. The number of carboxylic acids is 1. The first-order chi connectivity index (χ1) is 8.95. The van der Waals surface area contributed by atoms with Crippen LogP contribution in [0.1, 0.15) is 19.5 Å². The highest BCUT2D eigenvalue weighted by molar-refractivity contribution is 5.79. The third-order valence-electron chi connectivity index (χ3n) is 3.02. The van der Waals surface area contributed by atoms with Crippen LogP contribution in [0.3, 0.4) is 0 Å². The van der Waals surface area contributed by atoms with Crippen LogP contribution in [0, 0.1) is 0 Å². The van der Waals surface area contributed by atoms with E-state index in [1.54, 1.807) is 33.1 Å². The van der Waals surface area contributed by atoms with Gasteiger partial charge in [-0.25, -0.2) is 4.98 Å². The molecule has 0 bridgehead atoms. The summed E-state index contributed by atoms with van der Waals surface area (Å²) in [6.07, 6.45) is 1.38. The molecule has 0 radical (unpaired) electrons. The van der Waals surface area contributed by atoms with Crippen molar-refractivity contribution in [3.63, 3.8) is 0 Å². The summed E-state index contributed by atoms with van der Waals surface area (Å²) in [4.78, 5) is 15.4. The van der Waals surface area contributed by atoms with Gasteiger partial charge in [0.15, 0.2) is 0 Å². The number of ether oxygens (including phenoxy) is 1. The highest BCUT2D eigenvalue weighted by atomic mass is 16.5. The lowest BCUT2D eigenvalue weighted by molar-refractivity contribution is -0.142. The van der Waals surface area contributed by atoms with Crippen LogP contribution in [-0.4, -0.2) is 23.2 Å².